The standard InChI is InChI=1S/C13H12ClFN2O2/c14-8-4-5-10(9(15)7-8)17-12(18)11-3-1-2-6-16(11)13(17)19/h4-5,7,18H,1-3,6H2. The van der Waals surface area contributed by atoms with Gasteiger partial charge in [0.1, 0.15) is 5.82 Å². The average Bonchev–Trinajstić information content (AvgIpc) is 2.64. The molecular weight excluding hydrogens is 271 g/mol. The Morgan fingerprint density at radius 1 is 1.32 bits per heavy atom. The lowest BCUT2D eigenvalue weighted by molar-refractivity contribution is 0.424. The number of nitrogens with zero attached hydrogens (tertiary/aromatic N) is 2. The lowest BCUT2D eigenvalue weighted by Crippen LogP contribution is -2.26. The van der Waals surface area contributed by atoms with Gasteiger partial charge in [-0.3, -0.25) is 4.57 Å². The van der Waals surface area contributed by atoms with Gasteiger partial charge in [-0.1, -0.05) is 11.6 Å². The molecule has 1 aromatic heterocycles. The van der Waals surface area contributed by atoms with Crippen molar-refractivity contribution in [2.75, 3.05) is 0 Å². The maximum atomic E-state index is 13.9. The van der Waals surface area contributed by atoms with Crippen LogP contribution in [0.4, 0.5) is 4.39 Å². The highest BCUT2D eigenvalue weighted by Crippen LogP contribution is 2.27. The van der Waals surface area contributed by atoms with Gasteiger partial charge in [0.2, 0.25) is 5.88 Å². The molecule has 0 fully saturated rings. The minimum atomic E-state index is -0.632. The van der Waals surface area contributed by atoms with E-state index in [1.807, 2.05) is 0 Å². The normalized spacial score (nSPS) is 14.4. The first kappa shape index (κ1) is 12.3. The van der Waals surface area contributed by atoms with Gasteiger partial charge < -0.3 is 5.11 Å². The van der Waals surface area contributed by atoms with Crippen LogP contribution >= 0.6 is 11.6 Å². The van der Waals surface area contributed by atoms with E-state index < -0.39 is 11.5 Å². The Labute approximate surface area is 113 Å². The maximum Gasteiger partial charge on any atom is 0.336 e. The van der Waals surface area contributed by atoms with Crippen LogP contribution in [0.25, 0.3) is 5.69 Å². The molecule has 1 aliphatic rings. The van der Waals surface area contributed by atoms with E-state index in [9.17, 15) is 14.3 Å². The lowest BCUT2D eigenvalue weighted by Gasteiger charge is -2.11. The molecule has 2 heterocycles. The molecule has 0 atom stereocenters. The third kappa shape index (κ3) is 1.85. The quantitative estimate of drug-likeness (QED) is 0.873. The highest BCUT2D eigenvalue weighted by atomic mass is 35.5. The maximum absolute atomic E-state index is 13.9. The molecule has 0 saturated carbocycles. The zero-order valence-corrected chi connectivity index (χ0v) is 10.8. The first-order chi connectivity index (χ1) is 9.09. The van der Waals surface area contributed by atoms with E-state index >= 15 is 0 Å². The molecule has 100 valence electrons. The van der Waals surface area contributed by atoms with Gasteiger partial charge in [0.25, 0.3) is 0 Å². The Morgan fingerprint density at radius 2 is 2.11 bits per heavy atom. The van der Waals surface area contributed by atoms with Crippen LogP contribution in [0, 0.1) is 5.82 Å². The minimum absolute atomic E-state index is 0.0220. The summed E-state index contributed by atoms with van der Waals surface area (Å²) in [6, 6.07) is 4.01. The number of rotatable bonds is 1. The number of imidazole rings is 1. The lowest BCUT2D eigenvalue weighted by atomic mass is 10.1. The zero-order valence-electron chi connectivity index (χ0n) is 10.1. The summed E-state index contributed by atoms with van der Waals surface area (Å²) < 4.78 is 16.4. The molecule has 0 saturated heterocycles. The van der Waals surface area contributed by atoms with E-state index in [1.54, 1.807) is 0 Å². The van der Waals surface area contributed by atoms with Crippen LogP contribution in [0.15, 0.2) is 23.0 Å². The highest BCUT2D eigenvalue weighted by Gasteiger charge is 2.23. The SMILES string of the molecule is O=c1n2c(c(O)n1-c1ccc(Cl)cc1F)CCCC2. The van der Waals surface area contributed by atoms with Gasteiger partial charge in [0.05, 0.1) is 11.4 Å². The summed E-state index contributed by atoms with van der Waals surface area (Å²) in [6.45, 7) is 0.559. The average molecular weight is 283 g/mol. The molecule has 0 spiro atoms. The molecule has 0 unspecified atom stereocenters. The highest BCUT2D eigenvalue weighted by molar-refractivity contribution is 6.30. The number of aromatic hydroxyl groups is 1. The smallest absolute Gasteiger partial charge is 0.336 e. The number of fused-ring (bicyclic) bond motifs is 1. The van der Waals surface area contributed by atoms with Crippen LogP contribution in [0.1, 0.15) is 18.5 Å². The minimum Gasteiger partial charge on any atom is -0.493 e. The van der Waals surface area contributed by atoms with Gasteiger partial charge in [-0.2, -0.15) is 0 Å². The van der Waals surface area contributed by atoms with Crippen LogP contribution in [-0.2, 0) is 13.0 Å². The number of benzene rings is 1. The predicted octanol–water partition coefficient (Wildman–Crippen LogP) is 2.47. The zero-order chi connectivity index (χ0) is 13.6. The third-order valence-corrected chi connectivity index (χ3v) is 3.65. The monoisotopic (exact) mass is 282 g/mol. The number of hydrogen-bond donors (Lipinski definition) is 1. The summed E-state index contributed by atoms with van der Waals surface area (Å²) in [4.78, 5) is 12.2. The largest absolute Gasteiger partial charge is 0.493 e. The second kappa shape index (κ2) is 4.42. The molecule has 2 aromatic rings. The summed E-state index contributed by atoms with van der Waals surface area (Å²) in [5.41, 5.74) is 0.188. The van der Waals surface area contributed by atoms with Crippen molar-refractivity contribution < 1.29 is 9.50 Å². The van der Waals surface area contributed by atoms with Crippen LogP contribution in [0.5, 0.6) is 5.88 Å². The van der Waals surface area contributed by atoms with Crippen molar-refractivity contribution in [3.8, 4) is 11.6 Å². The Morgan fingerprint density at radius 3 is 2.79 bits per heavy atom. The first-order valence-electron chi connectivity index (χ1n) is 6.08. The van der Waals surface area contributed by atoms with Crippen molar-refractivity contribution in [3.63, 3.8) is 0 Å². The van der Waals surface area contributed by atoms with E-state index in [1.165, 1.54) is 16.7 Å². The van der Waals surface area contributed by atoms with Crippen molar-refractivity contribution in [3.05, 3.63) is 45.2 Å². The van der Waals surface area contributed by atoms with Crippen LogP contribution < -0.4 is 5.69 Å². The van der Waals surface area contributed by atoms with Crippen molar-refractivity contribution in [1.29, 1.82) is 0 Å². The van der Waals surface area contributed by atoms with E-state index in [0.717, 1.165) is 23.5 Å². The molecule has 0 radical (unpaired) electrons. The summed E-state index contributed by atoms with van der Waals surface area (Å²) in [7, 11) is 0. The second-order valence-corrected chi connectivity index (χ2v) is 5.03. The Balaban J connectivity index is 2.26. The summed E-state index contributed by atoms with van der Waals surface area (Å²) in [5.74, 6) is -0.807. The summed E-state index contributed by atoms with van der Waals surface area (Å²) >= 11 is 5.69. The first-order valence-corrected chi connectivity index (χ1v) is 6.46. The van der Waals surface area contributed by atoms with Crippen molar-refractivity contribution >= 4 is 11.6 Å². The van der Waals surface area contributed by atoms with Gasteiger partial charge in [-0.15, -0.1) is 0 Å². The number of hydrogen-bond acceptors (Lipinski definition) is 2. The van der Waals surface area contributed by atoms with E-state index in [2.05, 4.69) is 0 Å². The molecule has 4 nitrogen and oxygen atoms in total. The van der Waals surface area contributed by atoms with Gasteiger partial charge in [-0.25, -0.2) is 13.8 Å². The topological polar surface area (TPSA) is 47.2 Å². The molecule has 3 rings (SSSR count). The molecule has 0 aliphatic carbocycles. The predicted molar refractivity (Wildman–Crippen MR) is 69.6 cm³/mol. The van der Waals surface area contributed by atoms with E-state index in [0.29, 0.717) is 18.7 Å². The van der Waals surface area contributed by atoms with Gasteiger partial charge in [0, 0.05) is 11.6 Å². The molecule has 19 heavy (non-hydrogen) atoms. The van der Waals surface area contributed by atoms with Crippen LogP contribution in [0.2, 0.25) is 5.02 Å². The number of halogens is 2. The fourth-order valence-electron chi connectivity index (χ4n) is 2.50. The summed E-state index contributed by atoms with van der Waals surface area (Å²) in [5, 5.41) is 10.4. The van der Waals surface area contributed by atoms with Crippen molar-refractivity contribution in [2.45, 2.75) is 25.8 Å². The van der Waals surface area contributed by atoms with Crippen molar-refractivity contribution in [2.24, 2.45) is 0 Å². The molecule has 1 aliphatic heterocycles. The second-order valence-electron chi connectivity index (χ2n) is 4.59. The molecule has 1 aromatic carbocycles. The molecule has 0 bridgehead atoms. The Bertz CT molecular complexity index is 705. The van der Waals surface area contributed by atoms with Crippen LogP contribution in [0.3, 0.4) is 0 Å². The van der Waals surface area contributed by atoms with Gasteiger partial charge in [0.15, 0.2) is 0 Å². The fraction of sp³-hybridized carbons (Fsp3) is 0.308. The Hall–Kier alpha value is -1.75. The number of aromatic nitrogens is 2. The summed E-state index contributed by atoms with van der Waals surface area (Å²) in [6.07, 6.45) is 2.43. The van der Waals surface area contributed by atoms with Crippen LogP contribution in [-0.4, -0.2) is 14.2 Å². The van der Waals surface area contributed by atoms with E-state index in [4.69, 9.17) is 11.6 Å². The Kier molecular flexibility index (Phi) is 2.86. The van der Waals surface area contributed by atoms with Crippen molar-refractivity contribution in [1.82, 2.24) is 9.13 Å². The molecule has 6 heteroatoms. The molecule has 1 N–H and O–H groups in total. The fourth-order valence-corrected chi connectivity index (χ4v) is 2.65. The molecular formula is C13H12ClFN2O2. The van der Waals surface area contributed by atoms with E-state index in [-0.39, 0.29) is 16.6 Å². The van der Waals surface area contributed by atoms with Gasteiger partial charge >= 0.3 is 5.69 Å². The molecule has 0 amide bonds. The third-order valence-electron chi connectivity index (χ3n) is 3.41. The van der Waals surface area contributed by atoms with Gasteiger partial charge in [-0.05, 0) is 37.5 Å².